The number of hydrogen-bond donors (Lipinski definition) is 0. The van der Waals surface area contributed by atoms with E-state index >= 15 is 0 Å². The minimum Gasteiger partial charge on any atom is -0.497 e. The Morgan fingerprint density at radius 3 is 2.17 bits per heavy atom. The number of hydrazone groups is 1. The van der Waals surface area contributed by atoms with Crippen LogP contribution in [0, 0.1) is 5.82 Å². The highest BCUT2D eigenvalue weighted by Gasteiger charge is 2.34. The van der Waals surface area contributed by atoms with Crippen molar-refractivity contribution in [1.29, 1.82) is 0 Å². The van der Waals surface area contributed by atoms with Crippen LogP contribution < -0.4 is 9.47 Å². The molecule has 0 spiro atoms. The smallest absolute Gasteiger partial charge is 0.262 e. The number of carbonyl (C=O) groups is 2. The SMILES string of the molecule is COc1ccc(C2=NN(C(=O)CN(C)C(=O)c3ccccc3F)[C@H](c3ccc(OC)cc3)C2)cc1. The molecule has 35 heavy (non-hydrogen) atoms. The summed E-state index contributed by atoms with van der Waals surface area (Å²) in [6.45, 7) is -0.251. The Hall–Kier alpha value is -4.20. The first-order valence-corrected chi connectivity index (χ1v) is 11.1. The first kappa shape index (κ1) is 23.9. The van der Waals surface area contributed by atoms with E-state index in [9.17, 15) is 14.0 Å². The number of likely N-dealkylation sites (N-methyl/N-ethyl adjacent to an activating group) is 1. The van der Waals surface area contributed by atoms with Gasteiger partial charge in [-0.25, -0.2) is 9.40 Å². The van der Waals surface area contributed by atoms with Crippen LogP contribution in [0.5, 0.6) is 11.5 Å². The number of ether oxygens (including phenoxy) is 2. The summed E-state index contributed by atoms with van der Waals surface area (Å²) in [5.41, 5.74) is 2.41. The van der Waals surface area contributed by atoms with Crippen LogP contribution in [-0.2, 0) is 4.79 Å². The van der Waals surface area contributed by atoms with Crippen molar-refractivity contribution in [2.75, 3.05) is 27.8 Å². The van der Waals surface area contributed by atoms with Gasteiger partial charge in [-0.15, -0.1) is 0 Å². The zero-order valence-corrected chi connectivity index (χ0v) is 19.8. The summed E-state index contributed by atoms with van der Waals surface area (Å²) in [4.78, 5) is 27.3. The van der Waals surface area contributed by atoms with E-state index < -0.39 is 11.7 Å². The lowest BCUT2D eigenvalue weighted by Gasteiger charge is -2.25. The molecule has 0 aromatic heterocycles. The fraction of sp³-hybridized carbons (Fsp3) is 0.222. The third kappa shape index (κ3) is 5.16. The van der Waals surface area contributed by atoms with E-state index in [0.717, 1.165) is 22.6 Å². The topological polar surface area (TPSA) is 71.4 Å². The van der Waals surface area contributed by atoms with Crippen LogP contribution >= 0.6 is 0 Å². The summed E-state index contributed by atoms with van der Waals surface area (Å²) in [6.07, 6.45) is 0.495. The zero-order valence-electron chi connectivity index (χ0n) is 19.8. The number of rotatable bonds is 7. The van der Waals surface area contributed by atoms with E-state index in [1.54, 1.807) is 20.3 Å². The zero-order chi connectivity index (χ0) is 24.9. The molecule has 0 saturated heterocycles. The Morgan fingerprint density at radius 1 is 0.971 bits per heavy atom. The molecule has 8 heteroatoms. The van der Waals surface area contributed by atoms with Crippen LogP contribution in [0.4, 0.5) is 4.39 Å². The van der Waals surface area contributed by atoms with Crippen LogP contribution in [0.25, 0.3) is 0 Å². The van der Waals surface area contributed by atoms with Gasteiger partial charge >= 0.3 is 0 Å². The maximum Gasteiger partial charge on any atom is 0.262 e. The third-order valence-corrected chi connectivity index (χ3v) is 5.91. The van der Waals surface area contributed by atoms with Gasteiger partial charge < -0.3 is 14.4 Å². The molecule has 0 unspecified atom stereocenters. The highest BCUT2D eigenvalue weighted by atomic mass is 19.1. The van der Waals surface area contributed by atoms with Crippen LogP contribution in [0.2, 0.25) is 0 Å². The van der Waals surface area contributed by atoms with Crippen LogP contribution in [0.15, 0.2) is 77.9 Å². The molecular weight excluding hydrogens is 449 g/mol. The third-order valence-electron chi connectivity index (χ3n) is 5.91. The Bertz CT molecular complexity index is 1240. The Balaban J connectivity index is 1.60. The fourth-order valence-corrected chi connectivity index (χ4v) is 3.97. The van der Waals surface area contributed by atoms with Crippen molar-refractivity contribution >= 4 is 17.5 Å². The second kappa shape index (κ2) is 10.4. The second-order valence-corrected chi connectivity index (χ2v) is 8.15. The summed E-state index contributed by atoms with van der Waals surface area (Å²) in [7, 11) is 4.66. The number of nitrogens with zero attached hydrogens (tertiary/aromatic N) is 3. The van der Waals surface area contributed by atoms with Crippen molar-refractivity contribution in [2.24, 2.45) is 5.10 Å². The van der Waals surface area contributed by atoms with Crippen LogP contribution in [0.1, 0.15) is 33.9 Å². The molecule has 1 heterocycles. The molecule has 180 valence electrons. The summed E-state index contributed by atoms with van der Waals surface area (Å²) in [5, 5.41) is 6.04. The van der Waals surface area contributed by atoms with Gasteiger partial charge in [0.25, 0.3) is 11.8 Å². The molecule has 0 saturated carbocycles. The van der Waals surface area contributed by atoms with Crippen molar-refractivity contribution in [2.45, 2.75) is 12.5 Å². The molecule has 0 fully saturated rings. The lowest BCUT2D eigenvalue weighted by atomic mass is 9.98. The maximum absolute atomic E-state index is 14.1. The lowest BCUT2D eigenvalue weighted by Crippen LogP contribution is -2.39. The average molecular weight is 476 g/mol. The summed E-state index contributed by atoms with van der Waals surface area (Å²) < 4.78 is 24.6. The van der Waals surface area contributed by atoms with E-state index in [-0.39, 0.29) is 24.1 Å². The number of halogens is 1. The summed E-state index contributed by atoms with van der Waals surface area (Å²) in [5.74, 6) is -0.150. The lowest BCUT2D eigenvalue weighted by molar-refractivity contribution is -0.133. The molecule has 1 aliphatic heterocycles. The van der Waals surface area contributed by atoms with Crippen molar-refractivity contribution in [3.05, 3.63) is 95.3 Å². The van der Waals surface area contributed by atoms with Gasteiger partial charge in [0.05, 0.1) is 31.5 Å². The number of carbonyl (C=O) groups excluding carboxylic acids is 2. The highest BCUT2D eigenvalue weighted by Crippen LogP contribution is 2.34. The normalized spacial score (nSPS) is 14.9. The number of hydrogen-bond acceptors (Lipinski definition) is 5. The number of methoxy groups -OCH3 is 2. The van der Waals surface area contributed by atoms with E-state index in [0.29, 0.717) is 12.2 Å². The average Bonchev–Trinajstić information content (AvgIpc) is 3.34. The molecule has 0 N–H and O–H groups in total. The predicted octanol–water partition coefficient (Wildman–Crippen LogP) is 4.29. The number of benzene rings is 3. The van der Waals surface area contributed by atoms with Gasteiger partial charge in [0.2, 0.25) is 0 Å². The molecule has 0 bridgehead atoms. The molecule has 7 nitrogen and oxygen atoms in total. The molecule has 0 aliphatic carbocycles. The maximum atomic E-state index is 14.1. The highest BCUT2D eigenvalue weighted by molar-refractivity contribution is 6.03. The standard InChI is InChI=1S/C27H26FN3O4/c1-30(27(33)22-6-4-5-7-23(22)28)17-26(32)31-25(19-10-14-21(35-3)15-11-19)16-24(29-31)18-8-12-20(34-2)13-9-18/h4-15,25H,16-17H2,1-3H3/t25-/m0/s1. The van der Waals surface area contributed by atoms with E-state index in [2.05, 4.69) is 5.10 Å². The van der Waals surface area contributed by atoms with Gasteiger partial charge in [-0.3, -0.25) is 9.59 Å². The molecule has 3 aromatic carbocycles. The second-order valence-electron chi connectivity index (χ2n) is 8.15. The molecule has 3 aromatic rings. The van der Waals surface area contributed by atoms with Gasteiger partial charge in [-0.1, -0.05) is 24.3 Å². The van der Waals surface area contributed by atoms with Crippen molar-refractivity contribution in [1.82, 2.24) is 9.91 Å². The summed E-state index contributed by atoms with van der Waals surface area (Å²) in [6, 6.07) is 20.3. The van der Waals surface area contributed by atoms with Gasteiger partial charge in [0.1, 0.15) is 23.9 Å². The molecule has 2 amide bonds. The van der Waals surface area contributed by atoms with E-state index in [4.69, 9.17) is 9.47 Å². The first-order valence-electron chi connectivity index (χ1n) is 11.1. The van der Waals surface area contributed by atoms with Gasteiger partial charge in [-0.2, -0.15) is 5.10 Å². The van der Waals surface area contributed by atoms with E-state index in [1.807, 2.05) is 48.5 Å². The predicted molar refractivity (Wildman–Crippen MR) is 130 cm³/mol. The molecule has 4 rings (SSSR count). The first-order chi connectivity index (χ1) is 16.9. The van der Waals surface area contributed by atoms with E-state index in [1.165, 1.54) is 35.2 Å². The van der Waals surface area contributed by atoms with Crippen molar-refractivity contribution in [3.8, 4) is 11.5 Å². The number of amides is 2. The Morgan fingerprint density at radius 2 is 1.57 bits per heavy atom. The molecular formula is C27H26FN3O4. The van der Waals surface area contributed by atoms with Gasteiger partial charge in [-0.05, 0) is 59.7 Å². The fourth-order valence-electron chi connectivity index (χ4n) is 3.97. The Labute approximate surface area is 203 Å². The van der Waals surface area contributed by atoms with Gasteiger partial charge in [0, 0.05) is 13.5 Å². The van der Waals surface area contributed by atoms with Gasteiger partial charge in [0.15, 0.2) is 0 Å². The molecule has 1 atom stereocenters. The van der Waals surface area contributed by atoms with Crippen molar-refractivity contribution < 1.29 is 23.5 Å². The van der Waals surface area contributed by atoms with Crippen molar-refractivity contribution in [3.63, 3.8) is 0 Å². The van der Waals surface area contributed by atoms with Crippen LogP contribution in [0.3, 0.4) is 0 Å². The largest absolute Gasteiger partial charge is 0.497 e. The molecule has 1 aliphatic rings. The monoisotopic (exact) mass is 475 g/mol. The molecule has 0 radical (unpaired) electrons. The minimum atomic E-state index is -0.631. The van der Waals surface area contributed by atoms with Crippen LogP contribution in [-0.4, -0.2) is 55.2 Å². The minimum absolute atomic E-state index is 0.0849. The Kier molecular flexibility index (Phi) is 7.10. The quantitative estimate of drug-likeness (QED) is 0.511. The summed E-state index contributed by atoms with van der Waals surface area (Å²) >= 11 is 0.